The van der Waals surface area contributed by atoms with E-state index in [1.807, 2.05) is 4.90 Å². The molecule has 1 aromatic heterocycles. The smallest absolute Gasteiger partial charge is 0.223 e. The van der Waals surface area contributed by atoms with Gasteiger partial charge in [0, 0.05) is 13.0 Å². The fourth-order valence-corrected chi connectivity index (χ4v) is 4.27. The van der Waals surface area contributed by atoms with E-state index in [1.165, 1.54) is 25.0 Å². The molecule has 5 nitrogen and oxygen atoms in total. The fourth-order valence-electron chi connectivity index (χ4n) is 4.27. The Balaban J connectivity index is 1.40. The van der Waals surface area contributed by atoms with Gasteiger partial charge in [-0.05, 0) is 80.9 Å². The lowest BCUT2D eigenvalue weighted by Gasteiger charge is -2.26. The lowest BCUT2D eigenvalue weighted by atomic mass is 9.93. The molecule has 2 fully saturated rings. The van der Waals surface area contributed by atoms with Gasteiger partial charge in [-0.3, -0.25) is 4.79 Å². The Morgan fingerprint density at radius 1 is 1.19 bits per heavy atom. The molecular weight excluding hydrogens is 343 g/mol. The summed E-state index contributed by atoms with van der Waals surface area (Å²) in [6.45, 7) is 2.95. The molecule has 0 spiro atoms. The van der Waals surface area contributed by atoms with E-state index in [9.17, 15) is 9.18 Å². The molecule has 0 radical (unpaired) electrons. The van der Waals surface area contributed by atoms with Gasteiger partial charge in [0.05, 0.1) is 17.9 Å². The number of benzene rings is 1. The van der Waals surface area contributed by atoms with Crippen molar-refractivity contribution in [1.29, 1.82) is 0 Å². The van der Waals surface area contributed by atoms with Gasteiger partial charge in [-0.15, -0.1) is 0 Å². The van der Waals surface area contributed by atoms with Crippen molar-refractivity contribution in [2.45, 2.75) is 44.6 Å². The predicted octanol–water partition coefficient (Wildman–Crippen LogP) is 3.66. The summed E-state index contributed by atoms with van der Waals surface area (Å²) in [6, 6.07) is 6.40. The van der Waals surface area contributed by atoms with Crippen LogP contribution in [-0.4, -0.2) is 40.4 Å². The van der Waals surface area contributed by atoms with Crippen LogP contribution in [0.25, 0.3) is 11.3 Å². The third-order valence-electron chi connectivity index (χ3n) is 5.86. The number of nitrogens with zero attached hydrogens (tertiary/aromatic N) is 2. The zero-order valence-electron chi connectivity index (χ0n) is 15.6. The van der Waals surface area contributed by atoms with Crippen LogP contribution in [0.2, 0.25) is 0 Å². The summed E-state index contributed by atoms with van der Waals surface area (Å²) in [7, 11) is 0. The molecule has 4 rings (SSSR count). The first-order chi connectivity index (χ1) is 13.2. The van der Waals surface area contributed by atoms with Crippen molar-refractivity contribution in [3.63, 3.8) is 0 Å². The molecule has 1 unspecified atom stereocenters. The summed E-state index contributed by atoms with van der Waals surface area (Å²) in [5, 5.41) is 3.38. The lowest BCUT2D eigenvalue weighted by molar-refractivity contribution is -0.132. The molecule has 0 aliphatic carbocycles. The molecule has 2 saturated heterocycles. The third kappa shape index (κ3) is 4.21. The van der Waals surface area contributed by atoms with Gasteiger partial charge in [0.15, 0.2) is 0 Å². The zero-order chi connectivity index (χ0) is 18.6. The zero-order valence-corrected chi connectivity index (χ0v) is 15.6. The minimum absolute atomic E-state index is 0.0275. The predicted molar refractivity (Wildman–Crippen MR) is 102 cm³/mol. The molecule has 27 heavy (non-hydrogen) atoms. The van der Waals surface area contributed by atoms with Crippen molar-refractivity contribution in [3.8, 4) is 11.3 Å². The van der Waals surface area contributed by atoms with Crippen LogP contribution in [0.5, 0.6) is 0 Å². The average Bonchev–Trinajstić information content (AvgIpc) is 3.37. The summed E-state index contributed by atoms with van der Waals surface area (Å²) in [4.78, 5) is 22.7. The van der Waals surface area contributed by atoms with Gasteiger partial charge in [-0.25, -0.2) is 9.37 Å². The monoisotopic (exact) mass is 370 g/mol. The topological polar surface area (TPSA) is 61.0 Å². The minimum Gasteiger partial charge on any atom is -0.340 e. The first-order valence-electron chi connectivity index (χ1n) is 10.0. The highest BCUT2D eigenvalue weighted by Gasteiger charge is 2.32. The van der Waals surface area contributed by atoms with Crippen LogP contribution in [0, 0.1) is 11.7 Å². The first-order valence-corrected chi connectivity index (χ1v) is 10.0. The van der Waals surface area contributed by atoms with E-state index in [0.717, 1.165) is 56.0 Å². The van der Waals surface area contributed by atoms with E-state index in [2.05, 4.69) is 15.3 Å². The van der Waals surface area contributed by atoms with Gasteiger partial charge >= 0.3 is 0 Å². The van der Waals surface area contributed by atoms with E-state index in [1.54, 1.807) is 18.3 Å². The number of carbonyl (C=O) groups excluding carboxylic acids is 1. The van der Waals surface area contributed by atoms with E-state index in [0.29, 0.717) is 12.3 Å². The Labute approximate surface area is 159 Å². The molecule has 2 aliphatic heterocycles. The second-order valence-electron chi connectivity index (χ2n) is 7.67. The summed E-state index contributed by atoms with van der Waals surface area (Å²) < 4.78 is 13.1. The van der Waals surface area contributed by atoms with Gasteiger partial charge in [0.1, 0.15) is 11.6 Å². The summed E-state index contributed by atoms with van der Waals surface area (Å²) in [5.41, 5.74) is 1.76. The van der Waals surface area contributed by atoms with Crippen LogP contribution < -0.4 is 5.32 Å². The molecule has 1 atom stereocenters. The number of aromatic amines is 1. The minimum atomic E-state index is -0.250. The van der Waals surface area contributed by atoms with Crippen LogP contribution >= 0.6 is 0 Å². The van der Waals surface area contributed by atoms with Crippen LogP contribution in [0.3, 0.4) is 0 Å². The number of amides is 1. The van der Waals surface area contributed by atoms with E-state index in [4.69, 9.17) is 0 Å². The number of H-pyrrole nitrogens is 1. The number of carbonyl (C=O) groups is 1. The number of likely N-dealkylation sites (tertiary alicyclic amines) is 1. The second kappa shape index (κ2) is 8.21. The number of hydrogen-bond acceptors (Lipinski definition) is 3. The Hall–Kier alpha value is -2.21. The Kier molecular flexibility index (Phi) is 5.53. The second-order valence-corrected chi connectivity index (χ2v) is 7.67. The molecule has 2 N–H and O–H groups in total. The van der Waals surface area contributed by atoms with Crippen molar-refractivity contribution in [2.24, 2.45) is 5.92 Å². The van der Waals surface area contributed by atoms with E-state index >= 15 is 0 Å². The van der Waals surface area contributed by atoms with Gasteiger partial charge in [-0.1, -0.05) is 0 Å². The van der Waals surface area contributed by atoms with Gasteiger partial charge in [0.2, 0.25) is 5.91 Å². The molecule has 6 heteroatoms. The normalized spacial score (nSPS) is 20.9. The van der Waals surface area contributed by atoms with Crippen molar-refractivity contribution in [3.05, 3.63) is 42.1 Å². The molecule has 0 bridgehead atoms. The number of nitrogens with one attached hydrogen (secondary N) is 2. The van der Waals surface area contributed by atoms with Gasteiger partial charge in [-0.2, -0.15) is 0 Å². The molecule has 3 heterocycles. The Morgan fingerprint density at radius 2 is 1.96 bits per heavy atom. The largest absolute Gasteiger partial charge is 0.340 e. The number of rotatable bonds is 5. The summed E-state index contributed by atoms with van der Waals surface area (Å²) >= 11 is 0. The maximum absolute atomic E-state index is 13.1. The fraction of sp³-hybridized carbons (Fsp3) is 0.524. The SMILES string of the molecule is O=C(CCC1CCNCC1)N1CCCC1c1ncc(-c2ccc(F)cc2)[nH]1. The third-order valence-corrected chi connectivity index (χ3v) is 5.86. The Bertz CT molecular complexity index is 767. The number of aromatic nitrogens is 2. The molecule has 1 amide bonds. The molecule has 1 aromatic carbocycles. The van der Waals surface area contributed by atoms with Crippen molar-refractivity contribution < 1.29 is 9.18 Å². The maximum atomic E-state index is 13.1. The van der Waals surface area contributed by atoms with Crippen LogP contribution in [0.15, 0.2) is 30.5 Å². The maximum Gasteiger partial charge on any atom is 0.223 e. The number of halogens is 1. The highest BCUT2D eigenvalue weighted by molar-refractivity contribution is 5.77. The summed E-state index contributed by atoms with van der Waals surface area (Å²) in [5.74, 6) is 1.50. The molecule has 0 saturated carbocycles. The first kappa shape index (κ1) is 18.2. The molecule has 2 aliphatic rings. The van der Waals surface area contributed by atoms with E-state index < -0.39 is 0 Å². The van der Waals surface area contributed by atoms with Crippen molar-refractivity contribution in [1.82, 2.24) is 20.2 Å². The molecule has 2 aromatic rings. The highest BCUT2D eigenvalue weighted by atomic mass is 19.1. The van der Waals surface area contributed by atoms with Crippen LogP contribution in [-0.2, 0) is 4.79 Å². The molecular formula is C21H27FN4O. The lowest BCUT2D eigenvalue weighted by Crippen LogP contribution is -2.32. The highest BCUT2D eigenvalue weighted by Crippen LogP contribution is 2.32. The van der Waals surface area contributed by atoms with Crippen molar-refractivity contribution >= 4 is 5.91 Å². The quantitative estimate of drug-likeness (QED) is 0.844. The average molecular weight is 370 g/mol. The standard InChI is InChI=1S/C21H27FN4O/c22-17-6-4-16(5-7-17)18-14-24-21(25-18)19-2-1-13-26(19)20(27)8-3-15-9-11-23-12-10-15/h4-7,14-15,19,23H,1-3,8-13H2,(H,24,25). The number of imidazole rings is 1. The van der Waals surface area contributed by atoms with Gasteiger partial charge in [0.25, 0.3) is 0 Å². The van der Waals surface area contributed by atoms with Crippen LogP contribution in [0.1, 0.15) is 50.4 Å². The number of hydrogen-bond donors (Lipinski definition) is 2. The summed E-state index contributed by atoms with van der Waals surface area (Å²) in [6.07, 6.45) is 7.70. The van der Waals surface area contributed by atoms with Crippen LogP contribution in [0.4, 0.5) is 4.39 Å². The van der Waals surface area contributed by atoms with Gasteiger partial charge < -0.3 is 15.2 Å². The number of piperidine rings is 1. The Morgan fingerprint density at radius 3 is 2.74 bits per heavy atom. The molecule has 144 valence electrons. The van der Waals surface area contributed by atoms with Crippen molar-refractivity contribution in [2.75, 3.05) is 19.6 Å². The van der Waals surface area contributed by atoms with E-state index in [-0.39, 0.29) is 17.8 Å².